The Balaban J connectivity index is 0.000000922. The van der Waals surface area contributed by atoms with Crippen LogP contribution in [0.3, 0.4) is 0 Å². The van der Waals surface area contributed by atoms with Crippen LogP contribution in [0.1, 0.15) is 207 Å². The Hall–Kier alpha value is -0.389. The van der Waals surface area contributed by atoms with Gasteiger partial charge in [-0.05, 0) is 49.7 Å². The minimum absolute atomic E-state index is 0. The maximum absolute atomic E-state index is 12.3. The average molecular weight is 800 g/mol. The van der Waals surface area contributed by atoms with Crippen molar-refractivity contribution in [2.24, 2.45) is 11.8 Å². The van der Waals surface area contributed by atoms with Crippen molar-refractivity contribution in [2.45, 2.75) is 207 Å². The molecule has 0 aromatic carbocycles. The van der Waals surface area contributed by atoms with Gasteiger partial charge >= 0.3 is 48.9 Å². The van der Waals surface area contributed by atoms with Crippen molar-refractivity contribution in [1.82, 2.24) is 0 Å². The summed E-state index contributed by atoms with van der Waals surface area (Å²) in [6.07, 6.45) is 42.8. The van der Waals surface area contributed by atoms with E-state index in [1.54, 1.807) is 12.2 Å². The summed E-state index contributed by atoms with van der Waals surface area (Å²) >= 11 is 0. The van der Waals surface area contributed by atoms with Crippen LogP contribution in [0, 0.1) is 11.8 Å². The number of rotatable bonds is 28. The van der Waals surface area contributed by atoms with E-state index in [-0.39, 0.29) is 60.4 Å². The monoisotopic (exact) mass is 801 g/mol. The van der Waals surface area contributed by atoms with Crippen LogP contribution in [0.2, 0.25) is 0 Å². The normalized spacial score (nSPS) is 17.4. The number of hydrogen-bond acceptors (Lipinski definition) is 2. The van der Waals surface area contributed by atoms with E-state index in [2.05, 4.69) is 40.9 Å². The first kappa shape index (κ1) is 48.6. The van der Waals surface area contributed by atoms with E-state index in [4.69, 9.17) is 0 Å². The molecular weight excluding hydrogens is 722 g/mol. The minimum Gasteiger partial charge on any atom is -0.872 e. The smallest absolute Gasteiger partial charge is 0.872 e. The Morgan fingerprint density at radius 1 is 0.408 bits per heavy atom. The maximum Gasteiger partial charge on any atom is 2.00 e. The summed E-state index contributed by atoms with van der Waals surface area (Å²) in [6.45, 7) is 17.5. The van der Waals surface area contributed by atoms with Crippen molar-refractivity contribution in [3.8, 4) is 0 Å². The molecule has 2 aliphatic carbocycles. The van der Waals surface area contributed by atoms with E-state index >= 15 is 0 Å². The zero-order valence-electron chi connectivity index (χ0n) is 33.2. The molecular formula is C46H78BaO2. The summed E-state index contributed by atoms with van der Waals surface area (Å²) in [5, 5.41) is 24.7. The van der Waals surface area contributed by atoms with Crippen molar-refractivity contribution in [3.05, 3.63) is 71.3 Å². The Kier molecular flexibility index (Phi) is 33.2. The van der Waals surface area contributed by atoms with Gasteiger partial charge in [-0.25, -0.2) is 0 Å². The molecule has 0 heterocycles. The summed E-state index contributed by atoms with van der Waals surface area (Å²) in [4.78, 5) is 0. The van der Waals surface area contributed by atoms with Gasteiger partial charge in [0.15, 0.2) is 0 Å². The first-order valence-corrected chi connectivity index (χ1v) is 20.9. The molecule has 2 rings (SSSR count). The van der Waals surface area contributed by atoms with Crippen LogP contribution in [0.25, 0.3) is 0 Å². The molecule has 3 heteroatoms. The Bertz CT molecular complexity index is 890. The predicted octanol–water partition coefficient (Wildman–Crippen LogP) is 13.3. The molecule has 2 nitrogen and oxygen atoms in total. The van der Waals surface area contributed by atoms with Crippen LogP contribution >= 0.6 is 0 Å². The molecule has 0 aliphatic heterocycles. The van der Waals surface area contributed by atoms with E-state index in [1.807, 2.05) is 12.2 Å². The number of allylic oxidation sites excluding steroid dienone is 8. The third-order valence-corrected chi connectivity index (χ3v) is 10.6. The molecule has 0 radical (unpaired) electrons. The first-order valence-electron chi connectivity index (χ1n) is 20.9. The van der Waals surface area contributed by atoms with Crippen LogP contribution < -0.4 is 10.2 Å². The number of unbranched alkanes of at least 4 members (excludes halogenated alkanes) is 20. The molecule has 0 amide bonds. The molecule has 2 atom stereocenters. The van der Waals surface area contributed by atoms with Crippen molar-refractivity contribution in [2.75, 3.05) is 0 Å². The van der Waals surface area contributed by atoms with Gasteiger partial charge in [0.2, 0.25) is 0 Å². The van der Waals surface area contributed by atoms with E-state index < -0.39 is 0 Å². The van der Waals surface area contributed by atoms with Gasteiger partial charge in [0, 0.05) is 11.8 Å². The zero-order chi connectivity index (χ0) is 35.2. The second kappa shape index (κ2) is 33.4. The predicted molar refractivity (Wildman–Crippen MR) is 215 cm³/mol. The van der Waals surface area contributed by atoms with Crippen LogP contribution in [0.15, 0.2) is 71.3 Å². The van der Waals surface area contributed by atoms with E-state index in [0.29, 0.717) is 11.8 Å². The van der Waals surface area contributed by atoms with Gasteiger partial charge in [0.25, 0.3) is 0 Å². The molecule has 0 fully saturated rings. The molecule has 0 aromatic rings. The second-order valence-electron chi connectivity index (χ2n) is 14.8. The van der Waals surface area contributed by atoms with Gasteiger partial charge in [0.1, 0.15) is 0 Å². The molecule has 49 heavy (non-hydrogen) atoms. The van der Waals surface area contributed by atoms with Gasteiger partial charge in [-0.2, -0.15) is 0 Å². The fourth-order valence-corrected chi connectivity index (χ4v) is 7.37. The third kappa shape index (κ3) is 23.0. The van der Waals surface area contributed by atoms with Gasteiger partial charge in [-0.15, -0.1) is 11.5 Å². The largest absolute Gasteiger partial charge is 2.00 e. The molecule has 0 saturated carbocycles. The fourth-order valence-electron chi connectivity index (χ4n) is 7.37. The summed E-state index contributed by atoms with van der Waals surface area (Å²) in [5.41, 5.74) is 4.60. The summed E-state index contributed by atoms with van der Waals surface area (Å²) in [5.74, 6) is 1.19. The summed E-state index contributed by atoms with van der Waals surface area (Å²) in [6, 6.07) is 0. The molecule has 2 aliphatic rings. The molecule has 0 aromatic heterocycles. The second-order valence-corrected chi connectivity index (χ2v) is 14.8. The Morgan fingerprint density at radius 3 is 0.980 bits per heavy atom. The van der Waals surface area contributed by atoms with Crippen LogP contribution in [0.4, 0.5) is 0 Å². The Labute approximate surface area is 346 Å². The third-order valence-electron chi connectivity index (χ3n) is 10.6. The zero-order valence-corrected chi connectivity index (χ0v) is 37.6. The molecule has 2 unspecified atom stereocenters. The molecule has 276 valence electrons. The molecule has 0 N–H and O–H groups in total. The van der Waals surface area contributed by atoms with Crippen molar-refractivity contribution in [1.29, 1.82) is 0 Å². The molecule has 0 bridgehead atoms. The van der Waals surface area contributed by atoms with Crippen LogP contribution in [-0.4, -0.2) is 48.9 Å². The van der Waals surface area contributed by atoms with E-state index in [9.17, 15) is 10.2 Å². The first-order chi connectivity index (χ1) is 23.4. The van der Waals surface area contributed by atoms with Gasteiger partial charge < -0.3 is 10.2 Å². The maximum atomic E-state index is 12.3. The van der Waals surface area contributed by atoms with Gasteiger partial charge in [-0.1, -0.05) is 218 Å². The SMILES string of the molecule is C=C1C=CC([O-])=C(CCCCCCCC)C1CCCCCCCC.C=C1C=CC([O-])=C(CCCCCCCC)C1CCCCCCCC.[Ba+2]. The quantitative estimate of drug-likeness (QED) is 0.0584. The van der Waals surface area contributed by atoms with E-state index in [1.165, 1.54) is 154 Å². The van der Waals surface area contributed by atoms with Gasteiger partial charge in [-0.3, -0.25) is 0 Å². The van der Waals surface area contributed by atoms with Crippen molar-refractivity contribution < 1.29 is 10.2 Å². The molecule has 0 spiro atoms. The van der Waals surface area contributed by atoms with Gasteiger partial charge in [0.05, 0.1) is 0 Å². The van der Waals surface area contributed by atoms with E-state index in [0.717, 1.165) is 48.0 Å². The van der Waals surface area contributed by atoms with Crippen LogP contribution in [0.5, 0.6) is 0 Å². The average Bonchev–Trinajstić information content (AvgIpc) is 3.08. The summed E-state index contributed by atoms with van der Waals surface area (Å²) in [7, 11) is 0. The summed E-state index contributed by atoms with van der Waals surface area (Å²) < 4.78 is 0. The number of hydrogen-bond donors (Lipinski definition) is 0. The fraction of sp³-hybridized carbons (Fsp3) is 0.739. The van der Waals surface area contributed by atoms with Crippen molar-refractivity contribution in [3.63, 3.8) is 0 Å². The Morgan fingerprint density at radius 2 is 0.673 bits per heavy atom. The van der Waals surface area contributed by atoms with Crippen LogP contribution in [-0.2, 0) is 0 Å². The topological polar surface area (TPSA) is 46.1 Å². The molecule has 0 saturated heterocycles. The van der Waals surface area contributed by atoms with Crippen molar-refractivity contribution >= 4 is 48.9 Å². The standard InChI is InChI=1S/2C23H40O.Ba/c2*1-4-6-8-10-12-14-16-21-20(3)18-19-23(24)22(21)17-15-13-11-9-7-5-2;/h2*18-19,21,24H,3-17H2,1-2H3;/q;;+2/p-2. The minimum atomic E-state index is 0.